The molecule has 1 fully saturated rings. The van der Waals surface area contributed by atoms with Crippen LogP contribution in [-0.4, -0.2) is 62.0 Å². The van der Waals surface area contributed by atoms with Gasteiger partial charge in [-0.2, -0.15) is 0 Å². The van der Waals surface area contributed by atoms with Crippen LogP contribution in [0, 0.1) is 0 Å². The van der Waals surface area contributed by atoms with Crippen LogP contribution in [0.4, 0.5) is 0 Å². The summed E-state index contributed by atoms with van der Waals surface area (Å²) in [5.74, 6) is 0.260. The number of unbranched alkanes of at least 4 members (excludes halogenated alkanes) is 1. The summed E-state index contributed by atoms with van der Waals surface area (Å²) in [4.78, 5) is 16.0. The fraction of sp³-hybridized carbons (Fsp3) is 0.917. The highest BCUT2D eigenvalue weighted by Gasteiger charge is 2.15. The highest BCUT2D eigenvalue weighted by Crippen LogP contribution is 1.98. The summed E-state index contributed by atoms with van der Waals surface area (Å²) < 4.78 is 0. The van der Waals surface area contributed by atoms with Crippen LogP contribution in [-0.2, 0) is 4.79 Å². The SMILES string of the molecule is CCCCN(C)C(=O)CN1CCCNCC1. The molecule has 4 heteroatoms. The topological polar surface area (TPSA) is 35.6 Å². The lowest BCUT2D eigenvalue weighted by atomic mass is 10.3. The minimum absolute atomic E-state index is 0.260. The molecule has 1 N–H and O–H groups in total. The molecule has 0 bridgehead atoms. The van der Waals surface area contributed by atoms with Crippen molar-refractivity contribution in [2.75, 3.05) is 46.3 Å². The second-order valence-corrected chi connectivity index (χ2v) is 4.55. The lowest BCUT2D eigenvalue weighted by Gasteiger charge is -2.23. The molecule has 0 unspecified atom stereocenters. The molecule has 16 heavy (non-hydrogen) atoms. The molecule has 0 aromatic rings. The first-order valence-corrected chi connectivity index (χ1v) is 6.41. The highest BCUT2D eigenvalue weighted by molar-refractivity contribution is 5.77. The summed E-state index contributed by atoms with van der Waals surface area (Å²) in [5, 5.41) is 3.35. The molecule has 1 saturated heterocycles. The van der Waals surface area contributed by atoms with Gasteiger partial charge in [-0.1, -0.05) is 13.3 Å². The number of hydrogen-bond acceptors (Lipinski definition) is 3. The van der Waals surface area contributed by atoms with E-state index in [0.29, 0.717) is 6.54 Å². The fourth-order valence-corrected chi connectivity index (χ4v) is 1.89. The van der Waals surface area contributed by atoms with E-state index in [1.807, 2.05) is 11.9 Å². The largest absolute Gasteiger partial charge is 0.345 e. The molecule has 4 nitrogen and oxygen atoms in total. The Labute approximate surface area is 99.0 Å². The third kappa shape index (κ3) is 4.94. The second-order valence-electron chi connectivity index (χ2n) is 4.55. The van der Waals surface area contributed by atoms with Crippen molar-refractivity contribution in [2.45, 2.75) is 26.2 Å². The summed E-state index contributed by atoms with van der Waals surface area (Å²) >= 11 is 0. The van der Waals surface area contributed by atoms with Crippen molar-refractivity contribution in [1.29, 1.82) is 0 Å². The Kier molecular flexibility index (Phi) is 6.42. The summed E-state index contributed by atoms with van der Waals surface area (Å²) in [6.07, 6.45) is 3.39. The number of rotatable bonds is 5. The van der Waals surface area contributed by atoms with Crippen molar-refractivity contribution < 1.29 is 4.79 Å². The average molecular weight is 227 g/mol. The molecule has 1 heterocycles. The number of carbonyl (C=O) groups is 1. The molecule has 0 aromatic heterocycles. The van der Waals surface area contributed by atoms with Crippen LogP contribution in [0.15, 0.2) is 0 Å². The van der Waals surface area contributed by atoms with Gasteiger partial charge in [-0.25, -0.2) is 0 Å². The molecule has 0 aliphatic carbocycles. The van der Waals surface area contributed by atoms with Crippen molar-refractivity contribution >= 4 is 5.91 Å². The van der Waals surface area contributed by atoms with Gasteiger partial charge in [0.1, 0.15) is 0 Å². The van der Waals surface area contributed by atoms with Crippen LogP contribution in [0.25, 0.3) is 0 Å². The lowest BCUT2D eigenvalue weighted by Crippen LogP contribution is -2.40. The minimum atomic E-state index is 0.260. The van der Waals surface area contributed by atoms with E-state index in [1.165, 1.54) is 0 Å². The van der Waals surface area contributed by atoms with Crippen LogP contribution in [0.5, 0.6) is 0 Å². The molecule has 94 valence electrons. The summed E-state index contributed by atoms with van der Waals surface area (Å²) in [5.41, 5.74) is 0. The zero-order valence-corrected chi connectivity index (χ0v) is 10.7. The molecule has 0 spiro atoms. The predicted octanol–water partition coefficient (Wildman–Crippen LogP) is 0.540. The standard InChI is InChI=1S/C12H25N3O/c1-3-4-8-14(2)12(16)11-15-9-5-6-13-7-10-15/h13H,3-11H2,1-2H3. The highest BCUT2D eigenvalue weighted by atomic mass is 16.2. The predicted molar refractivity (Wildman–Crippen MR) is 66.5 cm³/mol. The first kappa shape index (κ1) is 13.5. The van der Waals surface area contributed by atoms with Gasteiger partial charge in [-0.05, 0) is 25.9 Å². The maximum Gasteiger partial charge on any atom is 0.236 e. The maximum atomic E-state index is 11.9. The third-order valence-corrected chi connectivity index (χ3v) is 3.06. The molecule has 0 atom stereocenters. The van der Waals surface area contributed by atoms with E-state index in [0.717, 1.165) is 52.0 Å². The van der Waals surface area contributed by atoms with Crippen LogP contribution < -0.4 is 5.32 Å². The third-order valence-electron chi connectivity index (χ3n) is 3.06. The van der Waals surface area contributed by atoms with E-state index in [9.17, 15) is 4.79 Å². The Morgan fingerprint density at radius 2 is 2.19 bits per heavy atom. The molecule has 1 amide bonds. The second kappa shape index (κ2) is 7.63. The van der Waals surface area contributed by atoms with Gasteiger partial charge < -0.3 is 10.2 Å². The van der Waals surface area contributed by atoms with E-state index in [-0.39, 0.29) is 5.91 Å². The van der Waals surface area contributed by atoms with Crippen molar-refractivity contribution in [3.8, 4) is 0 Å². The van der Waals surface area contributed by atoms with Gasteiger partial charge in [0.25, 0.3) is 0 Å². The Morgan fingerprint density at radius 1 is 1.38 bits per heavy atom. The number of amides is 1. The van der Waals surface area contributed by atoms with Crippen LogP contribution in [0.3, 0.4) is 0 Å². The Balaban J connectivity index is 2.25. The zero-order chi connectivity index (χ0) is 11.8. The normalized spacial score (nSPS) is 18.1. The fourth-order valence-electron chi connectivity index (χ4n) is 1.89. The van der Waals surface area contributed by atoms with Gasteiger partial charge >= 0.3 is 0 Å². The maximum absolute atomic E-state index is 11.9. The molecule has 1 aliphatic heterocycles. The van der Waals surface area contributed by atoms with Crippen molar-refractivity contribution in [3.05, 3.63) is 0 Å². The van der Waals surface area contributed by atoms with Crippen molar-refractivity contribution in [2.24, 2.45) is 0 Å². The molecule has 0 aromatic carbocycles. The van der Waals surface area contributed by atoms with Crippen LogP contribution in [0.1, 0.15) is 26.2 Å². The minimum Gasteiger partial charge on any atom is -0.345 e. The molecular weight excluding hydrogens is 202 g/mol. The lowest BCUT2D eigenvalue weighted by molar-refractivity contribution is -0.131. The van der Waals surface area contributed by atoms with Crippen molar-refractivity contribution in [1.82, 2.24) is 15.1 Å². The Bertz CT molecular complexity index is 200. The molecule has 1 aliphatic rings. The summed E-state index contributed by atoms with van der Waals surface area (Å²) in [7, 11) is 1.91. The summed E-state index contributed by atoms with van der Waals surface area (Å²) in [6.45, 7) is 7.75. The van der Waals surface area contributed by atoms with Crippen LogP contribution in [0.2, 0.25) is 0 Å². The quantitative estimate of drug-likeness (QED) is 0.744. The number of nitrogens with zero attached hydrogens (tertiary/aromatic N) is 2. The summed E-state index contributed by atoms with van der Waals surface area (Å²) in [6, 6.07) is 0. The number of carbonyl (C=O) groups excluding carboxylic acids is 1. The number of likely N-dealkylation sites (N-methyl/N-ethyl adjacent to an activating group) is 1. The smallest absolute Gasteiger partial charge is 0.236 e. The number of hydrogen-bond donors (Lipinski definition) is 1. The molecule has 0 saturated carbocycles. The van der Waals surface area contributed by atoms with Gasteiger partial charge in [0.05, 0.1) is 6.54 Å². The average Bonchev–Trinajstić information content (AvgIpc) is 2.54. The van der Waals surface area contributed by atoms with Gasteiger partial charge in [0.15, 0.2) is 0 Å². The first-order valence-electron chi connectivity index (χ1n) is 6.41. The van der Waals surface area contributed by atoms with E-state index in [1.54, 1.807) is 0 Å². The van der Waals surface area contributed by atoms with Gasteiger partial charge in [-0.15, -0.1) is 0 Å². The zero-order valence-electron chi connectivity index (χ0n) is 10.7. The number of nitrogens with one attached hydrogen (secondary N) is 1. The van der Waals surface area contributed by atoms with Gasteiger partial charge in [-0.3, -0.25) is 9.69 Å². The van der Waals surface area contributed by atoms with E-state index in [2.05, 4.69) is 17.1 Å². The van der Waals surface area contributed by atoms with E-state index in [4.69, 9.17) is 0 Å². The van der Waals surface area contributed by atoms with E-state index < -0.39 is 0 Å². The monoisotopic (exact) mass is 227 g/mol. The Hall–Kier alpha value is -0.610. The van der Waals surface area contributed by atoms with Gasteiger partial charge in [0, 0.05) is 26.7 Å². The van der Waals surface area contributed by atoms with E-state index >= 15 is 0 Å². The van der Waals surface area contributed by atoms with Crippen LogP contribution >= 0.6 is 0 Å². The van der Waals surface area contributed by atoms with Gasteiger partial charge in [0.2, 0.25) is 5.91 Å². The molecule has 0 radical (unpaired) electrons. The molecule has 1 rings (SSSR count). The van der Waals surface area contributed by atoms with Crippen molar-refractivity contribution in [3.63, 3.8) is 0 Å². The molecular formula is C12H25N3O. The Morgan fingerprint density at radius 3 is 2.94 bits per heavy atom. The first-order chi connectivity index (χ1) is 7.74.